The number of benzene rings is 3. The number of hydrogen-bond donors (Lipinski definition) is 1. The molecule has 1 aliphatic heterocycles. The van der Waals surface area contributed by atoms with Crippen LogP contribution in [0.2, 0.25) is 0 Å². The second kappa shape index (κ2) is 18.6. The number of alkyl halides is 2. The molecule has 1 aliphatic rings. The second-order valence-corrected chi connectivity index (χ2v) is 12.4. The minimum absolute atomic E-state index is 0.0472. The van der Waals surface area contributed by atoms with E-state index >= 15 is 0 Å². The van der Waals surface area contributed by atoms with Gasteiger partial charge in [-0.05, 0) is 59.5 Å². The zero-order valence-electron chi connectivity index (χ0n) is 29.0. The van der Waals surface area contributed by atoms with Gasteiger partial charge in [-0.15, -0.1) is 5.10 Å². The molecular formula is C37H38F2N6O9. The van der Waals surface area contributed by atoms with Crippen LogP contribution in [0, 0.1) is 10.1 Å². The number of non-ortho nitro benzene ring substituents is 1. The van der Waals surface area contributed by atoms with E-state index in [4.69, 9.17) is 14.2 Å². The number of ether oxygens (including phenoxy) is 3. The molecule has 0 bridgehead atoms. The fourth-order valence-electron chi connectivity index (χ4n) is 5.73. The van der Waals surface area contributed by atoms with E-state index in [0.717, 1.165) is 25.3 Å². The first-order valence-corrected chi connectivity index (χ1v) is 17.2. The lowest BCUT2D eigenvalue weighted by Crippen LogP contribution is -2.34. The number of unbranched alkanes of at least 4 members (excludes halogenated alkanes) is 3. The molecule has 2 atom stereocenters. The van der Waals surface area contributed by atoms with Crippen LogP contribution in [0.15, 0.2) is 91.0 Å². The third-order valence-corrected chi connectivity index (χ3v) is 8.65. The van der Waals surface area contributed by atoms with E-state index in [-0.39, 0.29) is 47.9 Å². The first-order chi connectivity index (χ1) is 26.0. The highest BCUT2D eigenvalue weighted by molar-refractivity contribution is 5.79. The minimum Gasteiger partial charge on any atom is -0.442 e. The van der Waals surface area contributed by atoms with Gasteiger partial charge in [0, 0.05) is 37.1 Å². The van der Waals surface area contributed by atoms with Crippen LogP contribution < -0.4 is 9.47 Å². The number of amides is 1. The molecule has 284 valence electrons. The minimum atomic E-state index is -3.46. The predicted octanol–water partition coefficient (Wildman–Crippen LogP) is 5.71. The summed E-state index contributed by atoms with van der Waals surface area (Å²) in [5, 5.41) is 32.5. The lowest BCUT2D eigenvalue weighted by atomic mass is 10.0. The van der Waals surface area contributed by atoms with Crippen molar-refractivity contribution in [3.8, 4) is 11.5 Å². The van der Waals surface area contributed by atoms with Crippen molar-refractivity contribution in [2.24, 2.45) is 0 Å². The standard InChI is InChI=1S/C37H38F2N6O9/c38-37(39,27-8-4-3-5-9-27)32(46)21-15-28-16-22-34(47)43(28)23-7-2-1-6-10-33-40-41-42-44(33)25-52-35(48)24-26-11-17-30(18-12-26)53-36(49)54-31-19-13-29(14-20-31)45(50)51/h3-5,8-9,11-15,17-21,28,32,46H,1-2,6-7,10,16,22-25H2/t28-,32+/m0/s1. The summed E-state index contributed by atoms with van der Waals surface area (Å²) >= 11 is 0. The summed E-state index contributed by atoms with van der Waals surface area (Å²) in [5.41, 5.74) is 0.159. The number of tetrazole rings is 1. The number of nitro groups is 1. The fraction of sp³-hybridized carbons (Fsp3) is 0.351. The van der Waals surface area contributed by atoms with Gasteiger partial charge in [-0.2, -0.15) is 13.5 Å². The van der Waals surface area contributed by atoms with E-state index < -0.39 is 29.1 Å². The Labute approximate surface area is 308 Å². The SMILES string of the molecule is O=C(Cc1ccc(OC(=O)Oc2ccc([N+](=O)[O-])cc2)cc1)OCn1nnnc1CCCCCCN1C(=O)CC[C@@H]1C=C[C@@H](O)C(F)(F)c1ccccc1. The molecule has 0 unspecified atom stereocenters. The Balaban J connectivity index is 0.976. The van der Waals surface area contributed by atoms with Crippen LogP contribution in [0.3, 0.4) is 0 Å². The molecule has 0 aliphatic carbocycles. The topological polar surface area (TPSA) is 189 Å². The number of rotatable bonds is 18. The molecule has 4 aromatic rings. The number of halogens is 2. The Morgan fingerprint density at radius 1 is 0.981 bits per heavy atom. The van der Waals surface area contributed by atoms with Crippen molar-refractivity contribution in [3.63, 3.8) is 0 Å². The van der Waals surface area contributed by atoms with Crippen LogP contribution in [0.1, 0.15) is 55.5 Å². The maximum absolute atomic E-state index is 14.7. The molecule has 54 heavy (non-hydrogen) atoms. The Morgan fingerprint density at radius 2 is 1.65 bits per heavy atom. The number of hydrogen-bond acceptors (Lipinski definition) is 12. The van der Waals surface area contributed by atoms with E-state index in [1.54, 1.807) is 23.1 Å². The van der Waals surface area contributed by atoms with E-state index in [1.165, 1.54) is 71.4 Å². The smallest absolute Gasteiger partial charge is 0.442 e. The first kappa shape index (κ1) is 39.1. The molecule has 1 aromatic heterocycles. The van der Waals surface area contributed by atoms with E-state index in [1.807, 2.05) is 0 Å². The number of nitro benzene ring substituents is 1. The van der Waals surface area contributed by atoms with Crippen LogP contribution in [0.4, 0.5) is 19.3 Å². The average molecular weight is 749 g/mol. The maximum atomic E-state index is 14.7. The van der Waals surface area contributed by atoms with Crippen molar-refractivity contribution in [2.75, 3.05) is 6.54 Å². The van der Waals surface area contributed by atoms with Crippen LogP contribution in [-0.2, 0) is 39.8 Å². The Morgan fingerprint density at radius 3 is 2.33 bits per heavy atom. The second-order valence-electron chi connectivity index (χ2n) is 12.4. The first-order valence-electron chi connectivity index (χ1n) is 17.2. The summed E-state index contributed by atoms with van der Waals surface area (Å²) in [6, 6.07) is 17.8. The van der Waals surface area contributed by atoms with Gasteiger partial charge >= 0.3 is 18.0 Å². The maximum Gasteiger partial charge on any atom is 0.519 e. The number of nitrogens with zero attached hydrogens (tertiary/aromatic N) is 6. The number of aryl methyl sites for hydroxylation is 1. The van der Waals surface area contributed by atoms with Gasteiger partial charge in [-0.3, -0.25) is 19.7 Å². The molecular weight excluding hydrogens is 710 g/mol. The largest absolute Gasteiger partial charge is 0.519 e. The van der Waals surface area contributed by atoms with Gasteiger partial charge in [0.2, 0.25) is 5.91 Å². The van der Waals surface area contributed by atoms with E-state index in [2.05, 4.69) is 15.5 Å². The summed E-state index contributed by atoms with van der Waals surface area (Å²) in [4.78, 5) is 48.9. The lowest BCUT2D eigenvalue weighted by molar-refractivity contribution is -0.384. The third-order valence-electron chi connectivity index (χ3n) is 8.65. The van der Waals surface area contributed by atoms with Gasteiger partial charge in [0.25, 0.3) is 5.69 Å². The highest BCUT2D eigenvalue weighted by Crippen LogP contribution is 2.33. The van der Waals surface area contributed by atoms with Crippen molar-refractivity contribution < 1.29 is 47.4 Å². The monoisotopic (exact) mass is 748 g/mol. The molecule has 5 rings (SSSR count). The molecule has 17 heteroatoms. The zero-order chi connectivity index (χ0) is 38.5. The van der Waals surface area contributed by atoms with E-state index in [0.29, 0.717) is 43.6 Å². The predicted molar refractivity (Wildman–Crippen MR) is 186 cm³/mol. The van der Waals surface area contributed by atoms with Gasteiger partial charge in [-0.25, -0.2) is 4.79 Å². The van der Waals surface area contributed by atoms with Crippen LogP contribution in [-0.4, -0.2) is 71.9 Å². The van der Waals surface area contributed by atoms with Gasteiger partial charge in [0.05, 0.1) is 17.4 Å². The average Bonchev–Trinajstić information content (AvgIpc) is 3.77. The lowest BCUT2D eigenvalue weighted by Gasteiger charge is -2.24. The van der Waals surface area contributed by atoms with Crippen molar-refractivity contribution in [2.45, 2.75) is 76.2 Å². The molecule has 0 radical (unpaired) electrons. The molecule has 0 saturated carbocycles. The Bertz CT molecular complexity index is 1910. The Kier molecular flexibility index (Phi) is 13.5. The summed E-state index contributed by atoms with van der Waals surface area (Å²) < 4.78 is 46.2. The number of aliphatic hydroxyl groups is 1. The highest BCUT2D eigenvalue weighted by atomic mass is 19.3. The van der Waals surface area contributed by atoms with Gasteiger partial charge in [-0.1, -0.05) is 67.5 Å². The van der Waals surface area contributed by atoms with E-state index in [9.17, 15) is 38.4 Å². The molecule has 1 amide bonds. The molecule has 15 nitrogen and oxygen atoms in total. The van der Waals surface area contributed by atoms with Crippen molar-refractivity contribution >= 4 is 23.7 Å². The molecule has 1 N–H and O–H groups in total. The van der Waals surface area contributed by atoms with Crippen LogP contribution in [0.25, 0.3) is 0 Å². The van der Waals surface area contributed by atoms with Crippen molar-refractivity contribution in [1.82, 2.24) is 25.1 Å². The zero-order valence-corrected chi connectivity index (χ0v) is 29.0. The normalized spacial score (nSPS) is 15.0. The van der Waals surface area contributed by atoms with Crippen LogP contribution in [0.5, 0.6) is 11.5 Å². The number of carbonyl (C=O) groups excluding carboxylic acids is 3. The number of aliphatic hydroxyl groups excluding tert-OH is 1. The van der Waals surface area contributed by atoms with Gasteiger partial charge in [0.15, 0.2) is 12.6 Å². The fourth-order valence-corrected chi connectivity index (χ4v) is 5.73. The van der Waals surface area contributed by atoms with Crippen molar-refractivity contribution in [3.05, 3.63) is 118 Å². The molecule has 0 spiro atoms. The summed E-state index contributed by atoms with van der Waals surface area (Å²) in [7, 11) is 0. The molecule has 3 aromatic carbocycles. The summed E-state index contributed by atoms with van der Waals surface area (Å²) in [6.07, 6.45) is 3.86. The van der Waals surface area contributed by atoms with Gasteiger partial charge in [0.1, 0.15) is 17.6 Å². The number of esters is 1. The van der Waals surface area contributed by atoms with Crippen LogP contribution >= 0.6 is 0 Å². The molecule has 1 saturated heterocycles. The summed E-state index contributed by atoms with van der Waals surface area (Å²) in [6.45, 7) is 0.286. The number of likely N-dealkylation sites (tertiary alicyclic amines) is 1. The number of carbonyl (C=O) groups is 3. The van der Waals surface area contributed by atoms with Crippen molar-refractivity contribution in [1.29, 1.82) is 0 Å². The number of aromatic nitrogens is 4. The summed E-state index contributed by atoms with van der Waals surface area (Å²) in [5.74, 6) is -3.28. The van der Waals surface area contributed by atoms with Gasteiger partial charge < -0.3 is 24.2 Å². The third kappa shape index (κ3) is 11.0. The quantitative estimate of drug-likeness (QED) is 0.0327. The Hall–Kier alpha value is -6.10. The molecule has 2 heterocycles. The molecule has 1 fully saturated rings. The highest BCUT2D eigenvalue weighted by Gasteiger charge is 2.39.